The number of fused-ring (bicyclic) bond motifs is 1. The quantitative estimate of drug-likeness (QED) is 0.714. The van der Waals surface area contributed by atoms with Gasteiger partial charge in [0.05, 0.1) is 4.88 Å². The molecular formula is C18H19N3OS. The number of benzene rings is 1. The molecule has 0 radical (unpaired) electrons. The summed E-state index contributed by atoms with van der Waals surface area (Å²) in [6, 6.07) is 8.48. The van der Waals surface area contributed by atoms with Crippen LogP contribution in [0.3, 0.4) is 0 Å². The number of aryl methyl sites for hydroxylation is 1. The summed E-state index contributed by atoms with van der Waals surface area (Å²) in [6.45, 7) is 3.81. The lowest BCUT2D eigenvalue weighted by Gasteiger charge is -2.25. The number of aromatic nitrogens is 2. The first-order valence-electron chi connectivity index (χ1n) is 8.05. The molecule has 118 valence electrons. The van der Waals surface area contributed by atoms with Gasteiger partial charge in [0.15, 0.2) is 4.96 Å². The molecule has 1 aliphatic heterocycles. The molecule has 3 heterocycles. The molecule has 0 atom stereocenters. The van der Waals surface area contributed by atoms with Gasteiger partial charge in [-0.05, 0) is 31.7 Å². The Labute approximate surface area is 139 Å². The van der Waals surface area contributed by atoms with E-state index < -0.39 is 0 Å². The summed E-state index contributed by atoms with van der Waals surface area (Å²) in [5.41, 5.74) is 3.01. The molecule has 23 heavy (non-hydrogen) atoms. The molecule has 0 unspecified atom stereocenters. The lowest BCUT2D eigenvalue weighted by Crippen LogP contribution is -2.35. The predicted octanol–water partition coefficient (Wildman–Crippen LogP) is 4.00. The zero-order valence-corrected chi connectivity index (χ0v) is 14.0. The van der Waals surface area contributed by atoms with Crippen molar-refractivity contribution in [1.29, 1.82) is 0 Å². The van der Waals surface area contributed by atoms with Crippen LogP contribution in [0, 0.1) is 6.92 Å². The summed E-state index contributed by atoms with van der Waals surface area (Å²) in [6.07, 6.45) is 7.35. The molecule has 5 heteroatoms. The number of rotatable bonds is 2. The maximum atomic E-state index is 12.5. The molecule has 2 aromatic heterocycles. The van der Waals surface area contributed by atoms with Crippen LogP contribution in [0.4, 0.5) is 0 Å². The largest absolute Gasteiger partial charge is 0.337 e. The molecule has 1 aromatic carbocycles. The van der Waals surface area contributed by atoms with Gasteiger partial charge < -0.3 is 4.90 Å². The van der Waals surface area contributed by atoms with Gasteiger partial charge in [-0.15, -0.1) is 0 Å². The van der Waals surface area contributed by atoms with Crippen molar-refractivity contribution in [2.24, 2.45) is 0 Å². The highest BCUT2D eigenvalue weighted by Gasteiger charge is 2.21. The van der Waals surface area contributed by atoms with Crippen LogP contribution in [-0.2, 0) is 0 Å². The van der Waals surface area contributed by atoms with Crippen molar-refractivity contribution in [1.82, 2.24) is 14.3 Å². The number of carbonyl (C=O) groups is 1. The molecular weight excluding hydrogens is 306 g/mol. The molecule has 3 aromatic rings. The number of carbonyl (C=O) groups excluding carboxylic acids is 1. The molecule has 4 rings (SSSR count). The Balaban J connectivity index is 1.61. The van der Waals surface area contributed by atoms with Gasteiger partial charge in [-0.2, -0.15) is 0 Å². The normalized spacial score (nSPS) is 15.3. The second kappa shape index (κ2) is 5.81. The van der Waals surface area contributed by atoms with Crippen LogP contribution in [0.15, 0.2) is 36.7 Å². The highest BCUT2D eigenvalue weighted by atomic mass is 32.1. The number of likely N-dealkylation sites (tertiary alicyclic amines) is 1. The highest BCUT2D eigenvalue weighted by Crippen LogP contribution is 2.29. The van der Waals surface area contributed by atoms with Gasteiger partial charge in [-0.1, -0.05) is 41.2 Å². The molecule has 1 aliphatic rings. The maximum Gasteiger partial charge on any atom is 0.274 e. The van der Waals surface area contributed by atoms with Crippen LogP contribution in [0.2, 0.25) is 0 Å². The summed E-state index contributed by atoms with van der Waals surface area (Å²) in [5.74, 6) is 0.0671. The van der Waals surface area contributed by atoms with Gasteiger partial charge in [0.25, 0.3) is 5.91 Å². The van der Waals surface area contributed by atoms with Crippen LogP contribution in [-0.4, -0.2) is 33.3 Å². The van der Waals surface area contributed by atoms with Crippen LogP contribution < -0.4 is 0 Å². The summed E-state index contributed by atoms with van der Waals surface area (Å²) in [4.78, 5) is 21.0. The van der Waals surface area contributed by atoms with E-state index in [1.54, 1.807) is 11.3 Å². The zero-order valence-electron chi connectivity index (χ0n) is 13.2. The van der Waals surface area contributed by atoms with E-state index in [1.807, 2.05) is 15.5 Å². The van der Waals surface area contributed by atoms with Crippen molar-refractivity contribution >= 4 is 22.2 Å². The molecule has 1 fully saturated rings. The van der Waals surface area contributed by atoms with E-state index in [-0.39, 0.29) is 5.91 Å². The second-order valence-electron chi connectivity index (χ2n) is 6.13. The number of piperidine rings is 1. The Bertz CT molecular complexity index is 809. The number of thiazole rings is 1. The zero-order chi connectivity index (χ0) is 15.8. The van der Waals surface area contributed by atoms with Gasteiger partial charge in [-0.3, -0.25) is 9.20 Å². The van der Waals surface area contributed by atoms with Crippen LogP contribution in [0.5, 0.6) is 0 Å². The van der Waals surface area contributed by atoms with Crippen molar-refractivity contribution in [2.45, 2.75) is 26.2 Å². The lowest BCUT2D eigenvalue weighted by atomic mass is 10.1. The monoisotopic (exact) mass is 325 g/mol. The topological polar surface area (TPSA) is 37.6 Å². The summed E-state index contributed by atoms with van der Waals surface area (Å²) in [7, 11) is 0. The smallest absolute Gasteiger partial charge is 0.274 e. The first-order chi connectivity index (χ1) is 11.2. The third-order valence-corrected chi connectivity index (χ3v) is 5.40. The van der Waals surface area contributed by atoms with Gasteiger partial charge in [0.1, 0.15) is 5.69 Å². The summed E-state index contributed by atoms with van der Waals surface area (Å²) in [5, 5.41) is 0. The van der Waals surface area contributed by atoms with Crippen LogP contribution >= 0.6 is 11.3 Å². The van der Waals surface area contributed by atoms with Crippen molar-refractivity contribution in [3.8, 4) is 10.4 Å². The fraction of sp³-hybridized carbons (Fsp3) is 0.333. The number of imidazole rings is 1. The molecule has 0 saturated carbocycles. The summed E-state index contributed by atoms with van der Waals surface area (Å²) < 4.78 is 1.97. The molecule has 0 aliphatic carbocycles. The number of amides is 1. The number of hydrogen-bond acceptors (Lipinski definition) is 3. The Morgan fingerprint density at radius 2 is 1.83 bits per heavy atom. The fourth-order valence-electron chi connectivity index (χ4n) is 3.01. The SMILES string of the molecule is Cc1ccc(-c2cn3cc(C(=O)N4CCCCC4)nc3s2)cc1. The van der Waals surface area contributed by atoms with E-state index in [1.165, 1.54) is 22.4 Å². The first-order valence-corrected chi connectivity index (χ1v) is 8.87. The molecule has 1 amide bonds. The Kier molecular flexibility index (Phi) is 3.65. The van der Waals surface area contributed by atoms with Crippen LogP contribution in [0.1, 0.15) is 35.3 Å². The van der Waals surface area contributed by atoms with Crippen molar-refractivity contribution in [3.63, 3.8) is 0 Å². The second-order valence-corrected chi connectivity index (χ2v) is 7.14. The maximum absolute atomic E-state index is 12.5. The van der Waals surface area contributed by atoms with Gasteiger partial charge >= 0.3 is 0 Å². The minimum atomic E-state index is 0.0671. The van der Waals surface area contributed by atoms with Gasteiger partial charge in [-0.25, -0.2) is 4.98 Å². The van der Waals surface area contributed by atoms with Gasteiger partial charge in [0.2, 0.25) is 0 Å². The highest BCUT2D eigenvalue weighted by molar-refractivity contribution is 7.20. The average molecular weight is 325 g/mol. The Hall–Kier alpha value is -2.14. The lowest BCUT2D eigenvalue weighted by molar-refractivity contribution is 0.0719. The Morgan fingerprint density at radius 1 is 1.09 bits per heavy atom. The first kappa shape index (κ1) is 14.5. The van der Waals surface area contributed by atoms with E-state index in [9.17, 15) is 4.79 Å². The number of nitrogens with zero attached hydrogens (tertiary/aromatic N) is 3. The summed E-state index contributed by atoms with van der Waals surface area (Å²) >= 11 is 1.62. The van der Waals surface area contributed by atoms with Gasteiger partial charge in [0, 0.05) is 25.5 Å². The third kappa shape index (κ3) is 2.77. The third-order valence-electron chi connectivity index (χ3n) is 4.35. The van der Waals surface area contributed by atoms with E-state index in [2.05, 4.69) is 42.4 Å². The van der Waals surface area contributed by atoms with Crippen molar-refractivity contribution < 1.29 is 4.79 Å². The van der Waals surface area contributed by atoms with Crippen molar-refractivity contribution in [2.75, 3.05) is 13.1 Å². The van der Waals surface area contributed by atoms with Crippen molar-refractivity contribution in [3.05, 3.63) is 47.9 Å². The van der Waals surface area contributed by atoms with E-state index in [4.69, 9.17) is 0 Å². The standard InChI is InChI=1S/C18H19N3OS/c1-13-5-7-14(8-6-13)16-12-21-11-15(19-18(21)23-16)17(22)20-9-3-2-4-10-20/h5-8,11-12H,2-4,9-10H2,1H3. The molecule has 4 nitrogen and oxygen atoms in total. The fourth-order valence-corrected chi connectivity index (χ4v) is 3.98. The minimum absolute atomic E-state index is 0.0671. The minimum Gasteiger partial charge on any atom is -0.337 e. The molecule has 1 saturated heterocycles. The molecule has 0 spiro atoms. The van der Waals surface area contributed by atoms with E-state index >= 15 is 0 Å². The molecule has 0 N–H and O–H groups in total. The molecule has 0 bridgehead atoms. The number of hydrogen-bond donors (Lipinski definition) is 0. The average Bonchev–Trinajstić information content (AvgIpc) is 3.14. The van der Waals surface area contributed by atoms with E-state index in [0.29, 0.717) is 5.69 Å². The van der Waals surface area contributed by atoms with Crippen LogP contribution in [0.25, 0.3) is 15.4 Å². The van der Waals surface area contributed by atoms with E-state index in [0.717, 1.165) is 30.9 Å². The predicted molar refractivity (Wildman–Crippen MR) is 93.0 cm³/mol. The Morgan fingerprint density at radius 3 is 2.52 bits per heavy atom.